The van der Waals surface area contributed by atoms with Gasteiger partial charge in [-0.1, -0.05) is 35.5 Å². The van der Waals surface area contributed by atoms with Crippen LogP contribution >= 0.6 is 11.8 Å². The number of benzene rings is 4. The van der Waals surface area contributed by atoms with Crippen molar-refractivity contribution in [2.45, 2.75) is 11.8 Å². The van der Waals surface area contributed by atoms with Gasteiger partial charge in [-0.15, -0.1) is 0 Å². The van der Waals surface area contributed by atoms with Crippen LogP contribution in [-0.2, 0) is 9.59 Å². The van der Waals surface area contributed by atoms with Crippen LogP contribution in [0, 0.1) is 12.7 Å². The summed E-state index contributed by atoms with van der Waals surface area (Å²) < 4.78 is 24.0. The molecule has 8 nitrogen and oxygen atoms in total. The third-order valence-corrected chi connectivity index (χ3v) is 7.48. The number of halogens is 1. The summed E-state index contributed by atoms with van der Waals surface area (Å²) in [6.45, 7) is 1.95. The molecule has 1 aliphatic rings. The Hall–Kier alpha value is -5.09. The molecule has 2 N–H and O–H groups in total. The number of aryl methyl sites for hydroxylation is 1. The van der Waals surface area contributed by atoms with Gasteiger partial charge in [0.1, 0.15) is 27.9 Å². The van der Waals surface area contributed by atoms with E-state index >= 15 is 0 Å². The van der Waals surface area contributed by atoms with Crippen molar-refractivity contribution in [3.63, 3.8) is 0 Å². The predicted octanol–water partition coefficient (Wildman–Crippen LogP) is 6.39. The monoisotopic (exact) mass is 583 g/mol. The largest absolute Gasteiger partial charge is 0.497 e. The van der Waals surface area contributed by atoms with Gasteiger partial charge in [-0.3, -0.25) is 14.4 Å². The Morgan fingerprint density at radius 2 is 1.57 bits per heavy atom. The van der Waals surface area contributed by atoms with Crippen molar-refractivity contribution >= 4 is 46.5 Å². The Kier molecular flexibility index (Phi) is 8.26. The van der Waals surface area contributed by atoms with Crippen LogP contribution in [0.3, 0.4) is 0 Å². The summed E-state index contributed by atoms with van der Waals surface area (Å²) in [6, 6.07) is 24.4. The van der Waals surface area contributed by atoms with Crippen molar-refractivity contribution in [3.8, 4) is 11.5 Å². The first kappa shape index (κ1) is 28.4. The quantitative estimate of drug-likeness (QED) is 0.220. The summed E-state index contributed by atoms with van der Waals surface area (Å²) in [4.78, 5) is 42.2. The number of carbonyl (C=O) groups is 3. The molecule has 0 saturated carbocycles. The molecule has 4 aromatic carbocycles. The lowest BCUT2D eigenvalue weighted by Gasteiger charge is -2.19. The summed E-state index contributed by atoms with van der Waals surface area (Å²) in [6.07, 6.45) is 0. The molecule has 0 saturated heterocycles. The number of hydrogen-bond acceptors (Lipinski definition) is 7. The molecule has 0 spiro atoms. The summed E-state index contributed by atoms with van der Waals surface area (Å²) in [5.74, 6) is -1.14. The maximum absolute atomic E-state index is 13.9. The number of carbonyl (C=O) groups excluding carboxylic acids is 3. The number of amides is 3. The second-order valence-corrected chi connectivity index (χ2v) is 10.4. The third-order valence-electron chi connectivity index (χ3n) is 6.41. The van der Waals surface area contributed by atoms with E-state index in [9.17, 15) is 18.8 Å². The fraction of sp³-hybridized carbons (Fsp3) is 0.0938. The lowest BCUT2D eigenvalue weighted by Crippen LogP contribution is -2.32. The highest BCUT2D eigenvalue weighted by molar-refractivity contribution is 8.04. The zero-order valence-corrected chi connectivity index (χ0v) is 23.8. The number of nitrogens with zero attached hydrogens (tertiary/aromatic N) is 1. The number of anilines is 3. The molecular formula is C32H26FN3O5S. The Morgan fingerprint density at radius 3 is 2.26 bits per heavy atom. The molecule has 0 aliphatic carbocycles. The highest BCUT2D eigenvalue weighted by Crippen LogP contribution is 2.42. The Labute approximate surface area is 246 Å². The minimum atomic E-state index is -0.549. The molecule has 0 fully saturated rings. The van der Waals surface area contributed by atoms with E-state index in [0.717, 1.165) is 22.2 Å². The maximum atomic E-state index is 13.9. The summed E-state index contributed by atoms with van der Waals surface area (Å²) in [7, 11) is 2.96. The second-order valence-electron chi connectivity index (χ2n) is 9.27. The van der Waals surface area contributed by atoms with E-state index in [1.165, 1.54) is 38.5 Å². The Morgan fingerprint density at radius 1 is 0.833 bits per heavy atom. The SMILES string of the molecule is COc1ccc(N2C(=O)C(Nc3ccc(C)cc3)=C(Sc3cccc(NC(=O)c4ccc(F)cc4)c3)C2=O)c(OC)c1. The number of nitrogens with one attached hydrogen (secondary N) is 2. The number of methoxy groups -OCH3 is 2. The van der Waals surface area contributed by atoms with Crippen molar-refractivity contribution in [1.29, 1.82) is 0 Å². The molecule has 0 atom stereocenters. The predicted molar refractivity (Wildman–Crippen MR) is 161 cm³/mol. The molecule has 212 valence electrons. The van der Waals surface area contributed by atoms with Gasteiger partial charge in [-0.25, -0.2) is 9.29 Å². The van der Waals surface area contributed by atoms with Crippen LogP contribution in [0.4, 0.5) is 21.5 Å². The van der Waals surface area contributed by atoms with E-state index in [1.54, 1.807) is 42.5 Å². The van der Waals surface area contributed by atoms with Crippen molar-refractivity contribution < 1.29 is 28.2 Å². The maximum Gasteiger partial charge on any atom is 0.283 e. The van der Waals surface area contributed by atoms with E-state index < -0.39 is 23.5 Å². The van der Waals surface area contributed by atoms with Gasteiger partial charge in [0.25, 0.3) is 17.7 Å². The molecule has 0 bridgehead atoms. The van der Waals surface area contributed by atoms with E-state index in [2.05, 4.69) is 10.6 Å². The summed E-state index contributed by atoms with van der Waals surface area (Å²) in [5.41, 5.74) is 2.82. The van der Waals surface area contributed by atoms with E-state index in [-0.39, 0.29) is 16.3 Å². The minimum absolute atomic E-state index is 0.104. The zero-order chi connectivity index (χ0) is 29.8. The molecule has 0 aromatic heterocycles. The zero-order valence-electron chi connectivity index (χ0n) is 22.9. The Balaban J connectivity index is 1.48. The van der Waals surface area contributed by atoms with Crippen LogP contribution in [0.15, 0.2) is 106 Å². The molecule has 10 heteroatoms. The first-order chi connectivity index (χ1) is 20.3. The van der Waals surface area contributed by atoms with Crippen LogP contribution in [0.2, 0.25) is 0 Å². The molecule has 0 radical (unpaired) electrons. The van der Waals surface area contributed by atoms with Gasteiger partial charge < -0.3 is 20.1 Å². The van der Waals surface area contributed by atoms with Crippen LogP contribution in [-0.4, -0.2) is 31.9 Å². The van der Waals surface area contributed by atoms with E-state index in [4.69, 9.17) is 9.47 Å². The van der Waals surface area contributed by atoms with Gasteiger partial charge in [0.2, 0.25) is 0 Å². The van der Waals surface area contributed by atoms with Crippen molar-refractivity contribution in [2.24, 2.45) is 0 Å². The van der Waals surface area contributed by atoms with E-state index in [1.807, 2.05) is 31.2 Å². The highest BCUT2D eigenvalue weighted by Gasteiger charge is 2.41. The van der Waals surface area contributed by atoms with Crippen molar-refractivity contribution in [1.82, 2.24) is 0 Å². The third kappa shape index (κ3) is 5.98. The van der Waals surface area contributed by atoms with Crippen molar-refractivity contribution in [3.05, 3.63) is 119 Å². The lowest BCUT2D eigenvalue weighted by atomic mass is 10.2. The standard InChI is InChI=1S/C32H26FN3O5S/c1-19-7-13-22(14-8-19)34-28-29(32(39)36(31(28)38)26-16-15-24(40-2)18-27(26)41-3)42-25-6-4-5-23(17-25)35-30(37)20-9-11-21(33)12-10-20/h4-18,34H,1-3H3,(H,35,37). The fourth-order valence-corrected chi connectivity index (χ4v) is 5.23. The average molecular weight is 584 g/mol. The second kappa shape index (κ2) is 12.2. The van der Waals surface area contributed by atoms with Crippen LogP contribution in [0.5, 0.6) is 11.5 Å². The first-order valence-electron chi connectivity index (χ1n) is 12.8. The topological polar surface area (TPSA) is 97.0 Å². The van der Waals surface area contributed by atoms with Gasteiger partial charge >= 0.3 is 0 Å². The Bertz CT molecular complexity index is 1700. The number of ether oxygens (including phenoxy) is 2. The number of rotatable bonds is 9. The van der Waals surface area contributed by atoms with Gasteiger partial charge in [-0.05, 0) is 73.7 Å². The first-order valence-corrected chi connectivity index (χ1v) is 13.6. The fourth-order valence-electron chi connectivity index (χ4n) is 4.24. The highest BCUT2D eigenvalue weighted by atomic mass is 32.2. The van der Waals surface area contributed by atoms with Gasteiger partial charge in [-0.2, -0.15) is 0 Å². The molecule has 3 amide bonds. The van der Waals surface area contributed by atoms with Gasteiger partial charge in [0.15, 0.2) is 0 Å². The smallest absolute Gasteiger partial charge is 0.283 e. The molecule has 4 aromatic rings. The van der Waals surface area contributed by atoms with Crippen LogP contribution in [0.1, 0.15) is 15.9 Å². The summed E-state index contributed by atoms with van der Waals surface area (Å²) >= 11 is 1.09. The average Bonchev–Trinajstić information content (AvgIpc) is 3.22. The molecule has 1 aliphatic heterocycles. The van der Waals surface area contributed by atoms with E-state index in [0.29, 0.717) is 33.3 Å². The lowest BCUT2D eigenvalue weighted by molar-refractivity contribution is -0.120. The molecule has 5 rings (SSSR count). The normalized spacial score (nSPS) is 12.9. The van der Waals surface area contributed by atoms with Crippen LogP contribution in [0.25, 0.3) is 0 Å². The van der Waals surface area contributed by atoms with Crippen molar-refractivity contribution in [2.75, 3.05) is 29.8 Å². The molecule has 1 heterocycles. The number of thioether (sulfide) groups is 1. The molecule has 0 unspecified atom stereocenters. The van der Waals surface area contributed by atoms with Crippen LogP contribution < -0.4 is 25.0 Å². The number of imide groups is 1. The molecular weight excluding hydrogens is 557 g/mol. The van der Waals surface area contributed by atoms with Gasteiger partial charge in [0.05, 0.1) is 19.9 Å². The van der Waals surface area contributed by atoms with Gasteiger partial charge in [0, 0.05) is 27.9 Å². The number of hydrogen-bond donors (Lipinski definition) is 2. The molecule has 42 heavy (non-hydrogen) atoms. The minimum Gasteiger partial charge on any atom is -0.497 e. The summed E-state index contributed by atoms with van der Waals surface area (Å²) in [5, 5.41) is 5.91.